The van der Waals surface area contributed by atoms with E-state index < -0.39 is 0 Å². The quantitative estimate of drug-likeness (QED) is 0.365. The van der Waals surface area contributed by atoms with Crippen molar-refractivity contribution in [1.82, 2.24) is 5.48 Å². The molecule has 0 bridgehead atoms. The number of hydrogen-bond donors (Lipinski definition) is 3. The second kappa shape index (κ2) is 10.3. The van der Waals surface area contributed by atoms with Crippen LogP contribution in [0, 0.1) is 0 Å². The average Bonchev–Trinajstić information content (AvgIpc) is 2.65. The molecule has 2 aromatic rings. The summed E-state index contributed by atoms with van der Waals surface area (Å²) in [5.41, 5.74) is 4.60. The number of nitrogens with one attached hydrogen (secondary N) is 2. The van der Waals surface area contributed by atoms with Gasteiger partial charge in [0.2, 0.25) is 11.8 Å². The Balaban J connectivity index is 1.73. The molecule has 0 aliphatic carbocycles. The van der Waals surface area contributed by atoms with E-state index in [-0.39, 0.29) is 11.8 Å². The van der Waals surface area contributed by atoms with Crippen LogP contribution in [0.2, 0.25) is 0 Å². The fourth-order valence-corrected chi connectivity index (χ4v) is 2.61. The Morgan fingerprint density at radius 3 is 2.08 bits per heavy atom. The predicted octanol–water partition coefficient (Wildman–Crippen LogP) is 4.14. The first-order valence-electron chi connectivity index (χ1n) is 8.57. The SMILES string of the molecule is O=C(CCCCCCC(=O)Nc1cccc(-c2ccccc2)c1)NO. The minimum absolute atomic E-state index is 0.00156. The fraction of sp³-hybridized carbons (Fsp3) is 0.300. The Labute approximate surface area is 148 Å². The Hall–Kier alpha value is -2.66. The van der Waals surface area contributed by atoms with Crippen molar-refractivity contribution in [1.29, 1.82) is 0 Å². The third kappa shape index (κ3) is 6.77. The molecule has 0 atom stereocenters. The molecule has 0 saturated carbocycles. The zero-order valence-corrected chi connectivity index (χ0v) is 14.2. The Kier molecular flexibility index (Phi) is 7.66. The number of hydroxylamine groups is 1. The maximum Gasteiger partial charge on any atom is 0.243 e. The molecule has 2 rings (SSSR count). The van der Waals surface area contributed by atoms with Crippen LogP contribution in [0.4, 0.5) is 5.69 Å². The Bertz CT molecular complexity index is 686. The minimum Gasteiger partial charge on any atom is -0.326 e. The fourth-order valence-electron chi connectivity index (χ4n) is 2.61. The van der Waals surface area contributed by atoms with Crippen molar-refractivity contribution < 1.29 is 14.8 Å². The standard InChI is InChI=1S/C20H24N2O3/c23-19(13-6-1-2-7-14-20(24)22-25)21-18-12-8-11-17(15-18)16-9-4-3-5-10-16/h3-5,8-12,15,25H,1-2,6-7,13-14H2,(H,21,23)(H,22,24). The second-order valence-electron chi connectivity index (χ2n) is 5.94. The molecule has 0 radical (unpaired) electrons. The summed E-state index contributed by atoms with van der Waals surface area (Å²) in [6.07, 6.45) is 4.02. The van der Waals surface area contributed by atoms with Crippen LogP contribution < -0.4 is 10.8 Å². The van der Waals surface area contributed by atoms with Gasteiger partial charge in [-0.2, -0.15) is 0 Å². The maximum atomic E-state index is 12.0. The van der Waals surface area contributed by atoms with Crippen LogP contribution in [0.15, 0.2) is 54.6 Å². The van der Waals surface area contributed by atoms with Gasteiger partial charge in [-0.05, 0) is 36.1 Å². The molecule has 2 amide bonds. The minimum atomic E-state index is -0.365. The van der Waals surface area contributed by atoms with Crippen molar-refractivity contribution in [2.45, 2.75) is 38.5 Å². The summed E-state index contributed by atoms with van der Waals surface area (Å²) < 4.78 is 0. The van der Waals surface area contributed by atoms with E-state index in [1.807, 2.05) is 54.6 Å². The second-order valence-corrected chi connectivity index (χ2v) is 5.94. The molecule has 25 heavy (non-hydrogen) atoms. The van der Waals surface area contributed by atoms with E-state index in [2.05, 4.69) is 5.32 Å². The van der Waals surface area contributed by atoms with Crippen molar-refractivity contribution in [3.63, 3.8) is 0 Å². The largest absolute Gasteiger partial charge is 0.326 e. The van der Waals surface area contributed by atoms with E-state index in [1.54, 1.807) is 5.48 Å². The van der Waals surface area contributed by atoms with Crippen LogP contribution in [0.1, 0.15) is 38.5 Å². The first-order valence-corrected chi connectivity index (χ1v) is 8.57. The molecule has 0 aliphatic heterocycles. The monoisotopic (exact) mass is 340 g/mol. The Morgan fingerprint density at radius 2 is 1.40 bits per heavy atom. The van der Waals surface area contributed by atoms with Gasteiger partial charge in [0, 0.05) is 18.5 Å². The van der Waals surface area contributed by atoms with Crippen molar-refractivity contribution in [3.8, 4) is 11.1 Å². The van der Waals surface area contributed by atoms with Crippen LogP contribution in [0.25, 0.3) is 11.1 Å². The van der Waals surface area contributed by atoms with E-state index in [0.717, 1.165) is 36.1 Å². The highest BCUT2D eigenvalue weighted by Crippen LogP contribution is 2.22. The summed E-state index contributed by atoms with van der Waals surface area (Å²) in [6, 6.07) is 17.9. The molecular weight excluding hydrogens is 316 g/mol. The number of carbonyl (C=O) groups excluding carboxylic acids is 2. The van der Waals surface area contributed by atoms with Gasteiger partial charge < -0.3 is 5.32 Å². The maximum absolute atomic E-state index is 12.0. The lowest BCUT2D eigenvalue weighted by molar-refractivity contribution is -0.129. The lowest BCUT2D eigenvalue weighted by atomic mass is 10.1. The van der Waals surface area contributed by atoms with Gasteiger partial charge in [-0.1, -0.05) is 55.3 Å². The molecule has 0 fully saturated rings. The topological polar surface area (TPSA) is 78.4 Å². The number of benzene rings is 2. The zero-order chi connectivity index (χ0) is 17.9. The summed E-state index contributed by atoms with van der Waals surface area (Å²) in [6.45, 7) is 0. The molecule has 0 aromatic heterocycles. The van der Waals surface area contributed by atoms with Crippen LogP contribution in [0.5, 0.6) is 0 Å². The van der Waals surface area contributed by atoms with Crippen molar-refractivity contribution in [3.05, 3.63) is 54.6 Å². The molecule has 3 N–H and O–H groups in total. The number of rotatable bonds is 9. The van der Waals surface area contributed by atoms with Crippen LogP contribution >= 0.6 is 0 Å². The van der Waals surface area contributed by atoms with Crippen LogP contribution in [-0.2, 0) is 9.59 Å². The number of carbonyl (C=O) groups is 2. The highest BCUT2D eigenvalue weighted by Gasteiger charge is 2.04. The molecule has 0 aliphatic rings. The van der Waals surface area contributed by atoms with Gasteiger partial charge in [-0.25, -0.2) is 5.48 Å². The predicted molar refractivity (Wildman–Crippen MR) is 98.1 cm³/mol. The van der Waals surface area contributed by atoms with E-state index in [1.165, 1.54) is 0 Å². The van der Waals surface area contributed by atoms with Gasteiger partial charge in [-0.3, -0.25) is 14.8 Å². The van der Waals surface area contributed by atoms with E-state index in [0.29, 0.717) is 19.3 Å². The van der Waals surface area contributed by atoms with Gasteiger partial charge in [-0.15, -0.1) is 0 Å². The number of amides is 2. The highest BCUT2D eigenvalue weighted by molar-refractivity contribution is 5.91. The van der Waals surface area contributed by atoms with E-state index >= 15 is 0 Å². The van der Waals surface area contributed by atoms with E-state index in [9.17, 15) is 9.59 Å². The highest BCUT2D eigenvalue weighted by atomic mass is 16.5. The van der Waals surface area contributed by atoms with Crippen molar-refractivity contribution in [2.24, 2.45) is 0 Å². The summed E-state index contributed by atoms with van der Waals surface area (Å²) in [5, 5.41) is 11.3. The summed E-state index contributed by atoms with van der Waals surface area (Å²) >= 11 is 0. The molecule has 0 spiro atoms. The summed E-state index contributed by atoms with van der Waals surface area (Å²) in [4.78, 5) is 22.9. The van der Waals surface area contributed by atoms with Gasteiger partial charge >= 0.3 is 0 Å². The van der Waals surface area contributed by atoms with Crippen molar-refractivity contribution >= 4 is 17.5 Å². The third-order valence-corrected chi connectivity index (χ3v) is 3.94. The molecular formula is C20H24N2O3. The first kappa shape index (κ1) is 18.7. The number of hydrogen-bond acceptors (Lipinski definition) is 3. The van der Waals surface area contributed by atoms with E-state index in [4.69, 9.17) is 5.21 Å². The Morgan fingerprint density at radius 1 is 0.760 bits per heavy atom. The van der Waals surface area contributed by atoms with Crippen molar-refractivity contribution in [2.75, 3.05) is 5.32 Å². The zero-order valence-electron chi connectivity index (χ0n) is 14.2. The molecule has 0 heterocycles. The molecule has 2 aromatic carbocycles. The molecule has 132 valence electrons. The van der Waals surface area contributed by atoms with Gasteiger partial charge in [0.1, 0.15) is 0 Å². The first-order chi connectivity index (χ1) is 12.2. The average molecular weight is 340 g/mol. The molecule has 0 saturated heterocycles. The number of unbranched alkanes of at least 4 members (excludes halogenated alkanes) is 3. The summed E-state index contributed by atoms with van der Waals surface area (Å²) in [5.74, 6) is -0.366. The summed E-state index contributed by atoms with van der Waals surface area (Å²) in [7, 11) is 0. The van der Waals surface area contributed by atoms with Gasteiger partial charge in [0.15, 0.2) is 0 Å². The van der Waals surface area contributed by atoms with Crippen LogP contribution in [-0.4, -0.2) is 17.0 Å². The number of anilines is 1. The molecule has 5 nitrogen and oxygen atoms in total. The van der Waals surface area contributed by atoms with Crippen LogP contribution in [0.3, 0.4) is 0 Å². The molecule has 0 unspecified atom stereocenters. The lowest BCUT2D eigenvalue weighted by Crippen LogP contribution is -2.17. The smallest absolute Gasteiger partial charge is 0.243 e. The normalized spacial score (nSPS) is 10.3. The molecule has 5 heteroatoms. The third-order valence-electron chi connectivity index (χ3n) is 3.94. The van der Waals surface area contributed by atoms with Gasteiger partial charge in [0.25, 0.3) is 0 Å². The lowest BCUT2D eigenvalue weighted by Gasteiger charge is -2.08. The van der Waals surface area contributed by atoms with Gasteiger partial charge in [0.05, 0.1) is 0 Å².